The predicted molar refractivity (Wildman–Crippen MR) is 50.9 cm³/mol. The number of hydrogen-bond donors (Lipinski definition) is 1. The van der Waals surface area contributed by atoms with Crippen LogP contribution in [0.5, 0.6) is 5.75 Å². The van der Waals surface area contributed by atoms with E-state index >= 15 is 0 Å². The molecule has 70 valence electrons. The van der Waals surface area contributed by atoms with Gasteiger partial charge in [0.25, 0.3) is 0 Å². The molecule has 0 aliphatic heterocycles. The number of aliphatic hydroxyl groups excluding tert-OH is 1. The first-order chi connectivity index (χ1) is 6.36. The number of benzene rings is 1. The van der Waals surface area contributed by atoms with Crippen molar-refractivity contribution in [2.45, 2.75) is 25.9 Å². The van der Waals surface area contributed by atoms with Crippen molar-refractivity contribution in [3.63, 3.8) is 0 Å². The van der Waals surface area contributed by atoms with E-state index in [9.17, 15) is 0 Å². The molecule has 2 nitrogen and oxygen atoms in total. The summed E-state index contributed by atoms with van der Waals surface area (Å²) in [5.41, 5.74) is 3.67. The van der Waals surface area contributed by atoms with Crippen LogP contribution in [0.3, 0.4) is 0 Å². The third-order valence-electron chi connectivity index (χ3n) is 2.73. The van der Waals surface area contributed by atoms with Crippen molar-refractivity contribution in [3.05, 3.63) is 28.8 Å². The van der Waals surface area contributed by atoms with Crippen molar-refractivity contribution < 1.29 is 9.84 Å². The van der Waals surface area contributed by atoms with Crippen LogP contribution in [-0.4, -0.2) is 12.2 Å². The minimum Gasteiger partial charge on any atom is -0.496 e. The molecule has 0 amide bonds. The lowest BCUT2D eigenvalue weighted by Gasteiger charge is -2.10. The number of fused-ring (bicyclic) bond motifs is 1. The van der Waals surface area contributed by atoms with E-state index < -0.39 is 0 Å². The van der Waals surface area contributed by atoms with E-state index in [0.717, 1.165) is 24.2 Å². The molecule has 1 N–H and O–H groups in total. The van der Waals surface area contributed by atoms with Gasteiger partial charge in [0.15, 0.2) is 0 Å². The Labute approximate surface area is 78.2 Å². The molecule has 0 heterocycles. The highest BCUT2D eigenvalue weighted by Gasteiger charge is 2.18. The normalized spacial score (nSPS) is 14.3. The lowest BCUT2D eigenvalue weighted by atomic mass is 10.0. The Morgan fingerprint density at radius 1 is 1.31 bits per heavy atom. The van der Waals surface area contributed by atoms with Gasteiger partial charge in [0.1, 0.15) is 5.75 Å². The maximum absolute atomic E-state index is 9.12. The van der Waals surface area contributed by atoms with Gasteiger partial charge in [-0.05, 0) is 42.0 Å². The van der Waals surface area contributed by atoms with Gasteiger partial charge in [-0.3, -0.25) is 0 Å². The van der Waals surface area contributed by atoms with Gasteiger partial charge in [0, 0.05) is 0 Å². The van der Waals surface area contributed by atoms with Gasteiger partial charge in [-0.25, -0.2) is 0 Å². The molecule has 2 rings (SSSR count). The Hall–Kier alpha value is -1.02. The van der Waals surface area contributed by atoms with E-state index in [2.05, 4.69) is 0 Å². The topological polar surface area (TPSA) is 29.5 Å². The molecule has 1 aliphatic rings. The van der Waals surface area contributed by atoms with Crippen molar-refractivity contribution in [3.8, 4) is 5.75 Å². The molecule has 0 saturated carbocycles. The predicted octanol–water partition coefficient (Wildman–Crippen LogP) is 1.68. The molecule has 1 aliphatic carbocycles. The zero-order chi connectivity index (χ0) is 9.26. The second-order valence-corrected chi connectivity index (χ2v) is 3.40. The van der Waals surface area contributed by atoms with Crippen LogP contribution in [0, 0.1) is 0 Å². The fourth-order valence-electron chi connectivity index (χ4n) is 2.09. The van der Waals surface area contributed by atoms with Crippen molar-refractivity contribution in [1.29, 1.82) is 0 Å². The van der Waals surface area contributed by atoms with Gasteiger partial charge in [-0.2, -0.15) is 0 Å². The minimum absolute atomic E-state index is 0.145. The van der Waals surface area contributed by atoms with Crippen molar-refractivity contribution in [1.82, 2.24) is 0 Å². The molecule has 0 spiro atoms. The zero-order valence-corrected chi connectivity index (χ0v) is 7.84. The molecule has 0 bridgehead atoms. The SMILES string of the molecule is COc1ccc(CO)c2c1CCC2. The summed E-state index contributed by atoms with van der Waals surface area (Å²) < 4.78 is 5.27. The number of aliphatic hydroxyl groups is 1. The van der Waals surface area contributed by atoms with E-state index in [1.54, 1.807) is 7.11 Å². The van der Waals surface area contributed by atoms with E-state index in [1.807, 2.05) is 12.1 Å². The Bertz CT molecular complexity index is 287. The number of methoxy groups -OCH3 is 1. The summed E-state index contributed by atoms with van der Waals surface area (Å²) >= 11 is 0. The molecule has 1 aromatic rings. The summed E-state index contributed by atoms with van der Waals surface area (Å²) in [6.07, 6.45) is 3.36. The van der Waals surface area contributed by atoms with Crippen LogP contribution in [0.4, 0.5) is 0 Å². The Kier molecular flexibility index (Phi) is 2.23. The molecule has 0 saturated heterocycles. The van der Waals surface area contributed by atoms with E-state index in [0.29, 0.717) is 0 Å². The Balaban J connectivity index is 2.52. The molecular weight excluding hydrogens is 164 g/mol. The lowest BCUT2D eigenvalue weighted by Crippen LogP contribution is -1.96. The molecule has 0 fully saturated rings. The van der Waals surface area contributed by atoms with Crippen LogP contribution in [0.1, 0.15) is 23.1 Å². The standard InChI is InChI=1S/C11H14O2/c1-13-11-6-5-8(7-12)9-3-2-4-10(9)11/h5-6,12H,2-4,7H2,1H3. The monoisotopic (exact) mass is 178 g/mol. The van der Waals surface area contributed by atoms with E-state index in [4.69, 9.17) is 9.84 Å². The summed E-state index contributed by atoms with van der Waals surface area (Å²) in [6, 6.07) is 3.92. The van der Waals surface area contributed by atoms with Crippen LogP contribution < -0.4 is 4.74 Å². The largest absolute Gasteiger partial charge is 0.496 e. The van der Waals surface area contributed by atoms with Crippen LogP contribution in [-0.2, 0) is 19.4 Å². The number of rotatable bonds is 2. The Morgan fingerprint density at radius 3 is 2.77 bits per heavy atom. The summed E-state index contributed by atoms with van der Waals surface area (Å²) in [5.74, 6) is 0.977. The van der Waals surface area contributed by atoms with Crippen LogP contribution in [0.2, 0.25) is 0 Å². The molecule has 0 unspecified atom stereocenters. The van der Waals surface area contributed by atoms with E-state index in [1.165, 1.54) is 17.5 Å². The first-order valence-corrected chi connectivity index (χ1v) is 4.65. The van der Waals surface area contributed by atoms with Crippen molar-refractivity contribution in [2.75, 3.05) is 7.11 Å². The van der Waals surface area contributed by atoms with E-state index in [-0.39, 0.29) is 6.61 Å². The summed E-state index contributed by atoms with van der Waals surface area (Å²) in [7, 11) is 1.70. The molecule has 13 heavy (non-hydrogen) atoms. The third kappa shape index (κ3) is 1.31. The first kappa shape index (κ1) is 8.57. The molecule has 1 aromatic carbocycles. The molecule has 0 radical (unpaired) electrons. The van der Waals surface area contributed by atoms with Gasteiger partial charge in [-0.1, -0.05) is 6.07 Å². The average molecular weight is 178 g/mol. The quantitative estimate of drug-likeness (QED) is 0.746. The van der Waals surface area contributed by atoms with Gasteiger partial charge >= 0.3 is 0 Å². The maximum Gasteiger partial charge on any atom is 0.122 e. The number of ether oxygens (including phenoxy) is 1. The van der Waals surface area contributed by atoms with Crippen LogP contribution in [0.15, 0.2) is 12.1 Å². The van der Waals surface area contributed by atoms with Crippen LogP contribution in [0.25, 0.3) is 0 Å². The first-order valence-electron chi connectivity index (χ1n) is 4.65. The molecule has 2 heteroatoms. The van der Waals surface area contributed by atoms with Crippen molar-refractivity contribution in [2.24, 2.45) is 0 Å². The van der Waals surface area contributed by atoms with Crippen LogP contribution >= 0.6 is 0 Å². The fourth-order valence-corrected chi connectivity index (χ4v) is 2.09. The highest BCUT2D eigenvalue weighted by molar-refractivity contribution is 5.47. The minimum atomic E-state index is 0.145. The molecule has 0 atom stereocenters. The summed E-state index contributed by atoms with van der Waals surface area (Å²) in [4.78, 5) is 0. The highest BCUT2D eigenvalue weighted by Crippen LogP contribution is 2.32. The van der Waals surface area contributed by atoms with Crippen molar-refractivity contribution >= 4 is 0 Å². The summed E-state index contributed by atoms with van der Waals surface area (Å²) in [6.45, 7) is 0.145. The van der Waals surface area contributed by atoms with Gasteiger partial charge in [-0.15, -0.1) is 0 Å². The fraction of sp³-hybridized carbons (Fsp3) is 0.455. The second-order valence-electron chi connectivity index (χ2n) is 3.40. The van der Waals surface area contributed by atoms with Gasteiger partial charge in [0.05, 0.1) is 13.7 Å². The van der Waals surface area contributed by atoms with Gasteiger partial charge in [0.2, 0.25) is 0 Å². The highest BCUT2D eigenvalue weighted by atomic mass is 16.5. The average Bonchev–Trinajstić information content (AvgIpc) is 2.64. The second kappa shape index (κ2) is 3.38. The molecular formula is C11H14O2. The Morgan fingerprint density at radius 2 is 2.08 bits per heavy atom. The molecule has 0 aromatic heterocycles. The third-order valence-corrected chi connectivity index (χ3v) is 2.73. The zero-order valence-electron chi connectivity index (χ0n) is 7.84. The number of hydrogen-bond acceptors (Lipinski definition) is 2. The summed E-state index contributed by atoms with van der Waals surface area (Å²) in [5, 5.41) is 9.12. The smallest absolute Gasteiger partial charge is 0.122 e. The lowest BCUT2D eigenvalue weighted by molar-refractivity contribution is 0.280. The maximum atomic E-state index is 9.12. The van der Waals surface area contributed by atoms with Gasteiger partial charge < -0.3 is 9.84 Å².